The first-order valence-electron chi connectivity index (χ1n) is 5.13. The van der Waals surface area contributed by atoms with Crippen LogP contribution >= 0.6 is 27.5 Å². The third-order valence-electron chi connectivity index (χ3n) is 2.17. The van der Waals surface area contributed by atoms with Crippen molar-refractivity contribution in [1.29, 1.82) is 0 Å². The van der Waals surface area contributed by atoms with Gasteiger partial charge in [-0.3, -0.25) is 10.1 Å². The third-order valence-corrected chi connectivity index (χ3v) is 3.05. The molecule has 2 rings (SSSR count). The van der Waals surface area contributed by atoms with Crippen molar-refractivity contribution in [3.63, 3.8) is 0 Å². The Bertz CT molecular complexity index is 583. The summed E-state index contributed by atoms with van der Waals surface area (Å²) in [6, 6.07) is 8.73. The van der Waals surface area contributed by atoms with Gasteiger partial charge in [-0.05, 0) is 41.1 Å². The monoisotopic (exact) mass is 325 g/mol. The number of anilines is 1. The molecule has 18 heavy (non-hydrogen) atoms. The molecule has 0 atom stereocenters. The Hall–Kier alpha value is -1.46. The highest BCUT2D eigenvalue weighted by atomic mass is 79.9. The lowest BCUT2D eigenvalue weighted by Crippen LogP contribution is -2.15. The molecule has 6 heteroatoms. The summed E-state index contributed by atoms with van der Waals surface area (Å²) in [5.74, 6) is -0.0927. The molecule has 1 heterocycles. The van der Waals surface area contributed by atoms with Gasteiger partial charge in [0.05, 0.1) is 5.56 Å². The van der Waals surface area contributed by atoms with Crippen LogP contribution in [-0.4, -0.2) is 15.9 Å². The van der Waals surface area contributed by atoms with Gasteiger partial charge in [0, 0.05) is 10.2 Å². The lowest BCUT2D eigenvalue weighted by atomic mass is 10.2. The zero-order valence-corrected chi connectivity index (χ0v) is 11.8. The maximum Gasteiger partial charge on any atom is 0.259 e. The highest BCUT2D eigenvalue weighted by Gasteiger charge is 2.11. The number of aryl methyl sites for hydroxylation is 1. The first-order valence-corrected chi connectivity index (χ1v) is 6.30. The summed E-state index contributed by atoms with van der Waals surface area (Å²) >= 11 is 9.11. The van der Waals surface area contributed by atoms with Crippen molar-refractivity contribution in [3.05, 3.63) is 51.2 Å². The molecule has 0 bridgehead atoms. The van der Waals surface area contributed by atoms with E-state index >= 15 is 0 Å². The molecule has 1 aromatic carbocycles. The molecule has 1 amide bonds. The summed E-state index contributed by atoms with van der Waals surface area (Å²) in [5, 5.41) is 2.90. The van der Waals surface area contributed by atoms with Crippen molar-refractivity contribution in [1.82, 2.24) is 9.97 Å². The largest absolute Gasteiger partial charge is 0.290 e. The molecule has 0 spiro atoms. The van der Waals surface area contributed by atoms with Gasteiger partial charge < -0.3 is 0 Å². The minimum atomic E-state index is -0.288. The Kier molecular flexibility index (Phi) is 3.93. The number of nitrogens with one attached hydrogen (secondary N) is 1. The maximum atomic E-state index is 12.0. The minimum absolute atomic E-state index is 0.195. The van der Waals surface area contributed by atoms with Crippen molar-refractivity contribution in [2.75, 3.05) is 5.32 Å². The predicted octanol–water partition coefficient (Wildman–Crippen LogP) is 3.45. The molecule has 92 valence electrons. The first kappa shape index (κ1) is 13.0. The second-order valence-corrected chi connectivity index (χ2v) is 4.83. The minimum Gasteiger partial charge on any atom is -0.290 e. The van der Waals surface area contributed by atoms with Gasteiger partial charge in [-0.2, -0.15) is 0 Å². The Labute approximate surface area is 118 Å². The standard InChI is InChI=1S/C12H9BrClN3O/c1-7-6-10(14)16-12(15-7)17-11(18)8-4-2-3-5-9(8)13/h2-6H,1H3,(H,15,16,17,18). The fourth-order valence-electron chi connectivity index (χ4n) is 1.40. The van der Waals surface area contributed by atoms with Gasteiger partial charge >= 0.3 is 0 Å². The number of benzene rings is 1. The zero-order valence-electron chi connectivity index (χ0n) is 9.45. The maximum absolute atomic E-state index is 12.0. The van der Waals surface area contributed by atoms with E-state index in [4.69, 9.17) is 11.6 Å². The number of nitrogens with zero attached hydrogens (tertiary/aromatic N) is 2. The van der Waals surface area contributed by atoms with Crippen LogP contribution in [0, 0.1) is 6.92 Å². The summed E-state index contributed by atoms with van der Waals surface area (Å²) in [7, 11) is 0. The van der Waals surface area contributed by atoms with Crippen LogP contribution in [0.5, 0.6) is 0 Å². The Morgan fingerprint density at radius 3 is 2.72 bits per heavy atom. The van der Waals surface area contributed by atoms with Crippen LogP contribution in [0.1, 0.15) is 16.1 Å². The summed E-state index contributed by atoms with van der Waals surface area (Å²) in [6.45, 7) is 1.78. The van der Waals surface area contributed by atoms with Crippen molar-refractivity contribution in [2.45, 2.75) is 6.92 Å². The van der Waals surface area contributed by atoms with Gasteiger partial charge in [0.1, 0.15) is 5.15 Å². The van der Waals surface area contributed by atoms with E-state index in [2.05, 4.69) is 31.2 Å². The first-order chi connectivity index (χ1) is 8.56. The fourth-order valence-corrected chi connectivity index (χ4v) is 2.10. The average molecular weight is 327 g/mol. The summed E-state index contributed by atoms with van der Waals surface area (Å²) < 4.78 is 0.709. The molecular weight excluding hydrogens is 318 g/mol. The number of hydrogen-bond acceptors (Lipinski definition) is 3. The van der Waals surface area contributed by atoms with Crippen LogP contribution in [0.25, 0.3) is 0 Å². The lowest BCUT2D eigenvalue weighted by molar-refractivity contribution is 0.102. The molecule has 0 fully saturated rings. The van der Waals surface area contributed by atoms with Crippen LogP contribution in [0.2, 0.25) is 5.15 Å². The molecule has 1 aromatic heterocycles. The molecule has 0 saturated heterocycles. The average Bonchev–Trinajstić information content (AvgIpc) is 2.27. The molecule has 2 aromatic rings. The predicted molar refractivity (Wildman–Crippen MR) is 73.9 cm³/mol. The highest BCUT2D eigenvalue weighted by Crippen LogP contribution is 2.17. The van der Waals surface area contributed by atoms with Gasteiger partial charge in [-0.1, -0.05) is 23.7 Å². The zero-order chi connectivity index (χ0) is 13.1. The van der Waals surface area contributed by atoms with E-state index in [1.807, 2.05) is 6.07 Å². The van der Waals surface area contributed by atoms with Gasteiger partial charge in [0.25, 0.3) is 5.91 Å². The Balaban J connectivity index is 2.24. The second kappa shape index (κ2) is 5.46. The molecule has 0 radical (unpaired) electrons. The molecule has 0 saturated carbocycles. The van der Waals surface area contributed by atoms with Crippen molar-refractivity contribution < 1.29 is 4.79 Å². The van der Waals surface area contributed by atoms with Gasteiger partial charge in [-0.25, -0.2) is 9.97 Å². The number of carbonyl (C=O) groups excluding carboxylic acids is 1. The number of aromatic nitrogens is 2. The molecule has 4 nitrogen and oxygen atoms in total. The van der Waals surface area contributed by atoms with E-state index in [0.29, 0.717) is 20.9 Å². The van der Waals surface area contributed by atoms with E-state index in [1.54, 1.807) is 31.2 Å². The number of amides is 1. The van der Waals surface area contributed by atoms with Crippen LogP contribution in [0.3, 0.4) is 0 Å². The van der Waals surface area contributed by atoms with E-state index < -0.39 is 0 Å². The van der Waals surface area contributed by atoms with Crippen molar-refractivity contribution in [3.8, 4) is 0 Å². The van der Waals surface area contributed by atoms with Crippen LogP contribution in [0.4, 0.5) is 5.95 Å². The van der Waals surface area contributed by atoms with Gasteiger partial charge in [-0.15, -0.1) is 0 Å². The highest BCUT2D eigenvalue weighted by molar-refractivity contribution is 9.10. The molecular formula is C12H9BrClN3O. The molecule has 0 unspecified atom stereocenters. The van der Waals surface area contributed by atoms with Gasteiger partial charge in [0.2, 0.25) is 5.95 Å². The molecule has 0 aliphatic heterocycles. The number of rotatable bonds is 2. The Morgan fingerprint density at radius 1 is 1.33 bits per heavy atom. The fraction of sp³-hybridized carbons (Fsp3) is 0.0833. The van der Waals surface area contributed by atoms with Crippen LogP contribution in [-0.2, 0) is 0 Å². The summed E-state index contributed by atoms with van der Waals surface area (Å²) in [4.78, 5) is 20.0. The van der Waals surface area contributed by atoms with Gasteiger partial charge in [0.15, 0.2) is 0 Å². The third kappa shape index (κ3) is 3.05. The molecule has 1 N–H and O–H groups in total. The van der Waals surface area contributed by atoms with Crippen molar-refractivity contribution >= 4 is 39.4 Å². The molecule has 0 aliphatic carbocycles. The summed E-state index contributed by atoms with van der Waals surface area (Å²) in [5.41, 5.74) is 1.20. The number of halogens is 2. The Morgan fingerprint density at radius 2 is 2.06 bits per heavy atom. The second-order valence-electron chi connectivity index (χ2n) is 3.59. The topological polar surface area (TPSA) is 54.9 Å². The normalized spacial score (nSPS) is 10.2. The molecule has 0 aliphatic rings. The summed E-state index contributed by atoms with van der Waals surface area (Å²) in [6.07, 6.45) is 0. The van der Waals surface area contributed by atoms with E-state index in [-0.39, 0.29) is 11.9 Å². The van der Waals surface area contributed by atoms with E-state index in [1.165, 1.54) is 0 Å². The quantitative estimate of drug-likeness (QED) is 0.860. The van der Waals surface area contributed by atoms with Crippen LogP contribution < -0.4 is 5.32 Å². The SMILES string of the molecule is Cc1cc(Cl)nc(NC(=O)c2ccccc2Br)n1. The van der Waals surface area contributed by atoms with E-state index in [9.17, 15) is 4.79 Å². The number of hydrogen-bond donors (Lipinski definition) is 1. The smallest absolute Gasteiger partial charge is 0.259 e. The van der Waals surface area contributed by atoms with Crippen molar-refractivity contribution in [2.24, 2.45) is 0 Å². The lowest BCUT2D eigenvalue weighted by Gasteiger charge is -2.06. The van der Waals surface area contributed by atoms with Crippen LogP contribution in [0.15, 0.2) is 34.8 Å². The van der Waals surface area contributed by atoms with E-state index in [0.717, 1.165) is 0 Å². The number of carbonyl (C=O) groups is 1.